The Morgan fingerprint density at radius 3 is 2.30 bits per heavy atom. The average Bonchev–Trinajstić information content (AvgIpc) is 2.94. The van der Waals surface area contributed by atoms with E-state index in [0.717, 1.165) is 4.68 Å². The minimum atomic E-state index is -4.93. The Kier molecular flexibility index (Phi) is 4.49. The summed E-state index contributed by atoms with van der Waals surface area (Å²) >= 11 is 0. The van der Waals surface area contributed by atoms with Crippen molar-refractivity contribution in [3.8, 4) is 5.75 Å². The van der Waals surface area contributed by atoms with Gasteiger partial charge in [0.2, 0.25) is 0 Å². The molecule has 1 atom stereocenters. The summed E-state index contributed by atoms with van der Waals surface area (Å²) in [4.78, 5) is 27.3. The molecule has 7 nitrogen and oxygen atoms in total. The highest BCUT2D eigenvalue weighted by Crippen LogP contribution is 2.33. The number of nitrogens with one attached hydrogen (secondary N) is 2. The molecule has 3 aromatic rings. The van der Waals surface area contributed by atoms with Crippen LogP contribution in [0.25, 0.3) is 11.0 Å². The van der Waals surface area contributed by atoms with Crippen molar-refractivity contribution >= 4 is 11.0 Å². The van der Waals surface area contributed by atoms with Crippen molar-refractivity contribution in [2.24, 2.45) is 0 Å². The van der Waals surface area contributed by atoms with Gasteiger partial charge in [-0.05, 0) is 24.6 Å². The largest absolute Gasteiger partial charge is 0.436 e. The fourth-order valence-corrected chi connectivity index (χ4v) is 2.62. The molecule has 3 rings (SSSR count). The molecule has 0 saturated carbocycles. The van der Waals surface area contributed by atoms with Gasteiger partial charge in [0.25, 0.3) is 5.56 Å². The molecule has 0 fully saturated rings. The molecule has 0 bridgehead atoms. The van der Waals surface area contributed by atoms with Crippen molar-refractivity contribution in [3.63, 3.8) is 0 Å². The molecule has 12 heteroatoms. The molecule has 0 unspecified atom stereocenters. The first kappa shape index (κ1) is 18.6. The van der Waals surface area contributed by atoms with Gasteiger partial charge in [-0.1, -0.05) is 12.1 Å². The summed E-state index contributed by atoms with van der Waals surface area (Å²) in [6.07, 6.45) is -4.93. The van der Waals surface area contributed by atoms with E-state index in [1.807, 2.05) is 0 Å². The fourth-order valence-electron chi connectivity index (χ4n) is 2.62. The second-order valence-electron chi connectivity index (χ2n) is 5.55. The van der Waals surface area contributed by atoms with Crippen LogP contribution in [0.5, 0.6) is 5.75 Å². The highest BCUT2D eigenvalue weighted by molar-refractivity contribution is 5.77. The third-order valence-electron chi connectivity index (χ3n) is 3.82. The van der Waals surface area contributed by atoms with Gasteiger partial charge in [-0.2, -0.15) is 27.1 Å². The predicted molar refractivity (Wildman–Crippen MR) is 82.9 cm³/mol. The maximum Gasteiger partial charge on any atom is 0.436 e. The van der Waals surface area contributed by atoms with Crippen LogP contribution in [0.4, 0.5) is 22.0 Å². The number of ether oxygens (including phenoxy) is 1. The zero-order valence-corrected chi connectivity index (χ0v) is 13.5. The van der Waals surface area contributed by atoms with E-state index in [2.05, 4.69) is 14.8 Å². The normalized spacial score (nSPS) is 13.3. The Balaban J connectivity index is 2.13. The fraction of sp³-hybridized carbons (Fsp3) is 0.267. The Bertz CT molecular complexity index is 1080. The number of hydrogen-bond donors (Lipinski definition) is 2. The predicted octanol–water partition coefficient (Wildman–Crippen LogP) is 2.64. The highest BCUT2D eigenvalue weighted by Gasteiger charge is 2.39. The van der Waals surface area contributed by atoms with E-state index >= 15 is 0 Å². The smallest absolute Gasteiger partial charge is 0.435 e. The molecule has 0 amide bonds. The summed E-state index contributed by atoms with van der Waals surface area (Å²) in [5.74, 6) is -0.132. The number of nitrogens with zero attached hydrogens (tertiary/aromatic N) is 2. The highest BCUT2D eigenvalue weighted by atomic mass is 19.4. The molecule has 1 aromatic carbocycles. The zero-order valence-electron chi connectivity index (χ0n) is 13.5. The first-order valence-corrected chi connectivity index (χ1v) is 7.44. The summed E-state index contributed by atoms with van der Waals surface area (Å²) < 4.78 is 69.2. The van der Waals surface area contributed by atoms with E-state index in [1.165, 1.54) is 31.2 Å². The summed E-state index contributed by atoms with van der Waals surface area (Å²) in [5, 5.41) is 2.66. The number of hydrogen-bond acceptors (Lipinski definition) is 4. The van der Waals surface area contributed by atoms with Gasteiger partial charge >= 0.3 is 18.5 Å². The van der Waals surface area contributed by atoms with E-state index in [0.29, 0.717) is 5.56 Å². The van der Waals surface area contributed by atoms with Crippen LogP contribution >= 0.6 is 0 Å². The molecule has 0 radical (unpaired) electrons. The number of aromatic nitrogens is 4. The number of H-pyrrole nitrogens is 2. The van der Waals surface area contributed by atoms with Crippen molar-refractivity contribution in [3.05, 3.63) is 56.4 Å². The molecular formula is C15H11F5N4O3. The quantitative estimate of drug-likeness (QED) is 0.670. The third-order valence-corrected chi connectivity index (χ3v) is 3.82. The van der Waals surface area contributed by atoms with Crippen molar-refractivity contribution in [1.29, 1.82) is 0 Å². The van der Waals surface area contributed by atoms with Crippen molar-refractivity contribution < 1.29 is 26.7 Å². The van der Waals surface area contributed by atoms with Gasteiger partial charge in [0.05, 0.1) is 6.04 Å². The second-order valence-corrected chi connectivity index (χ2v) is 5.55. The lowest BCUT2D eigenvalue weighted by Crippen LogP contribution is -2.24. The van der Waals surface area contributed by atoms with Crippen LogP contribution < -0.4 is 16.0 Å². The van der Waals surface area contributed by atoms with Crippen LogP contribution in [0.15, 0.2) is 33.9 Å². The van der Waals surface area contributed by atoms with Crippen LogP contribution in [0, 0.1) is 0 Å². The monoisotopic (exact) mass is 390 g/mol. The number of fused-ring (bicyclic) bond motifs is 1. The number of benzene rings is 1. The molecule has 0 aliphatic rings. The lowest BCUT2D eigenvalue weighted by atomic mass is 10.1. The Morgan fingerprint density at radius 2 is 1.74 bits per heavy atom. The van der Waals surface area contributed by atoms with Crippen LogP contribution in [-0.4, -0.2) is 26.4 Å². The number of halogens is 5. The average molecular weight is 390 g/mol. The molecule has 2 aromatic heterocycles. The van der Waals surface area contributed by atoms with Crippen LogP contribution in [0.2, 0.25) is 0 Å². The summed E-state index contributed by atoms with van der Waals surface area (Å²) in [6.45, 7) is -1.55. The van der Waals surface area contributed by atoms with Crippen LogP contribution in [0.3, 0.4) is 0 Å². The Hall–Kier alpha value is -3.18. The molecule has 0 saturated heterocycles. The van der Waals surface area contributed by atoms with Crippen LogP contribution in [0.1, 0.15) is 24.2 Å². The summed E-state index contributed by atoms with van der Waals surface area (Å²) in [7, 11) is 0. The van der Waals surface area contributed by atoms with E-state index in [4.69, 9.17) is 0 Å². The van der Waals surface area contributed by atoms with E-state index < -0.39 is 46.8 Å². The van der Waals surface area contributed by atoms with Gasteiger partial charge in [-0.25, -0.2) is 9.48 Å². The minimum Gasteiger partial charge on any atom is -0.435 e. The Labute approximate surface area is 146 Å². The number of aromatic amines is 2. The molecule has 2 N–H and O–H groups in total. The lowest BCUT2D eigenvalue weighted by Gasteiger charge is -2.14. The van der Waals surface area contributed by atoms with Gasteiger partial charge < -0.3 is 4.74 Å². The summed E-state index contributed by atoms with van der Waals surface area (Å²) in [6, 6.07) is 4.28. The minimum absolute atomic E-state index is 0.132. The van der Waals surface area contributed by atoms with Crippen molar-refractivity contribution in [1.82, 2.24) is 19.7 Å². The third kappa shape index (κ3) is 3.55. The maximum absolute atomic E-state index is 13.2. The SMILES string of the molecule is C[C@H](c1ccc(OC(F)F)cc1)n1nc(C(F)(F)F)c2c(=O)[nH]c(=O)[nH]c21. The lowest BCUT2D eigenvalue weighted by molar-refractivity contribution is -0.140. The Morgan fingerprint density at radius 1 is 1.11 bits per heavy atom. The van der Waals surface area contributed by atoms with Crippen molar-refractivity contribution in [2.45, 2.75) is 25.8 Å². The molecule has 2 heterocycles. The first-order chi connectivity index (χ1) is 12.6. The second kappa shape index (κ2) is 6.52. The van der Waals surface area contributed by atoms with Gasteiger partial charge in [0.15, 0.2) is 5.69 Å². The van der Waals surface area contributed by atoms with Gasteiger partial charge in [0, 0.05) is 0 Å². The number of alkyl halides is 5. The molecule has 0 spiro atoms. The van der Waals surface area contributed by atoms with Crippen molar-refractivity contribution in [2.75, 3.05) is 0 Å². The first-order valence-electron chi connectivity index (χ1n) is 7.44. The summed E-state index contributed by atoms with van der Waals surface area (Å²) in [5.41, 5.74) is -3.68. The van der Waals surface area contributed by atoms with E-state index in [9.17, 15) is 31.5 Å². The van der Waals surface area contributed by atoms with E-state index in [-0.39, 0.29) is 5.75 Å². The molecule has 27 heavy (non-hydrogen) atoms. The standard InChI is InChI=1S/C15H11F5N4O3/c1-6(7-2-4-8(5-3-7)27-13(16)17)24-11-9(10(23-24)15(18,19)20)12(25)22-14(26)21-11/h2-6,13H,1H3,(H2,21,22,25,26)/t6-/m1/s1. The maximum atomic E-state index is 13.2. The molecule has 144 valence electrons. The molecule has 0 aliphatic heterocycles. The van der Waals surface area contributed by atoms with Gasteiger partial charge in [0.1, 0.15) is 16.8 Å². The molecular weight excluding hydrogens is 379 g/mol. The molecule has 0 aliphatic carbocycles. The van der Waals surface area contributed by atoms with Crippen LogP contribution in [-0.2, 0) is 6.18 Å². The topological polar surface area (TPSA) is 92.8 Å². The zero-order chi connectivity index (χ0) is 19.9. The van der Waals surface area contributed by atoms with E-state index in [1.54, 1.807) is 4.98 Å². The van der Waals surface area contributed by atoms with Gasteiger partial charge in [-0.15, -0.1) is 0 Å². The number of rotatable bonds is 4. The van der Waals surface area contributed by atoms with Gasteiger partial charge in [-0.3, -0.25) is 14.8 Å².